The predicted molar refractivity (Wildman–Crippen MR) is 95.1 cm³/mol. The average Bonchev–Trinajstić information content (AvgIpc) is 2.48. The van der Waals surface area contributed by atoms with Crippen LogP contribution in [0, 0.1) is 0 Å². The molecule has 2 aromatic carbocycles. The van der Waals surface area contributed by atoms with E-state index < -0.39 is 6.10 Å². The first-order chi connectivity index (χ1) is 10.4. The smallest absolute Gasteiger partial charge is 0.0621 e. The normalized spacial score (nSPS) is 12.3. The van der Waals surface area contributed by atoms with Gasteiger partial charge < -0.3 is 14.9 Å². The van der Waals surface area contributed by atoms with Gasteiger partial charge in [-0.1, -0.05) is 24.3 Å². The zero-order valence-electron chi connectivity index (χ0n) is 14.1. The van der Waals surface area contributed by atoms with Crippen LogP contribution in [0.1, 0.15) is 24.0 Å². The maximum atomic E-state index is 10.3. The lowest BCUT2D eigenvalue weighted by Crippen LogP contribution is -2.17. The highest BCUT2D eigenvalue weighted by Gasteiger charge is 2.19. The van der Waals surface area contributed by atoms with Gasteiger partial charge in [0, 0.05) is 45.5 Å². The molecule has 3 nitrogen and oxygen atoms in total. The lowest BCUT2D eigenvalue weighted by atomic mass is 9.87. The fourth-order valence-electron chi connectivity index (χ4n) is 2.71. The Morgan fingerprint density at radius 2 is 1.00 bits per heavy atom. The molecule has 0 radical (unpaired) electrons. The molecule has 0 aliphatic heterocycles. The summed E-state index contributed by atoms with van der Waals surface area (Å²) in [6.45, 7) is 1.85. The molecule has 0 bridgehead atoms. The van der Waals surface area contributed by atoms with Gasteiger partial charge in [-0.05, 0) is 42.3 Å². The van der Waals surface area contributed by atoms with E-state index in [0.29, 0.717) is 0 Å². The SMILES string of the molecule is C[C@@H](O)C(c1ccc(N(C)C)cc1)c1ccc(N(C)C)cc1. The van der Waals surface area contributed by atoms with E-state index in [1.165, 1.54) is 0 Å². The van der Waals surface area contributed by atoms with Crippen molar-refractivity contribution in [3.63, 3.8) is 0 Å². The summed E-state index contributed by atoms with van der Waals surface area (Å²) in [6.07, 6.45) is -0.435. The fourth-order valence-corrected chi connectivity index (χ4v) is 2.71. The van der Waals surface area contributed by atoms with Gasteiger partial charge in [-0.3, -0.25) is 0 Å². The lowest BCUT2D eigenvalue weighted by Gasteiger charge is -2.23. The number of anilines is 2. The van der Waals surface area contributed by atoms with Crippen LogP contribution in [0.3, 0.4) is 0 Å². The van der Waals surface area contributed by atoms with E-state index >= 15 is 0 Å². The van der Waals surface area contributed by atoms with Gasteiger partial charge in [-0.2, -0.15) is 0 Å². The molecule has 0 aliphatic rings. The third-order valence-electron chi connectivity index (χ3n) is 4.02. The Balaban J connectivity index is 2.33. The summed E-state index contributed by atoms with van der Waals surface area (Å²) >= 11 is 0. The van der Waals surface area contributed by atoms with Crippen LogP contribution < -0.4 is 9.80 Å². The number of benzene rings is 2. The van der Waals surface area contributed by atoms with Crippen molar-refractivity contribution < 1.29 is 5.11 Å². The van der Waals surface area contributed by atoms with E-state index in [9.17, 15) is 5.11 Å². The Morgan fingerprint density at radius 3 is 1.23 bits per heavy atom. The molecule has 0 fully saturated rings. The predicted octanol–water partition coefficient (Wildman–Crippen LogP) is 3.33. The number of hydrogen-bond acceptors (Lipinski definition) is 3. The van der Waals surface area contributed by atoms with Crippen LogP contribution in [0.4, 0.5) is 11.4 Å². The molecular formula is C19H26N2O. The molecule has 22 heavy (non-hydrogen) atoms. The molecule has 1 N–H and O–H groups in total. The molecule has 1 atom stereocenters. The zero-order chi connectivity index (χ0) is 16.3. The van der Waals surface area contributed by atoms with Gasteiger partial charge in [0.15, 0.2) is 0 Å². The molecule has 0 heterocycles. The van der Waals surface area contributed by atoms with E-state index in [1.54, 1.807) is 0 Å². The Bertz CT molecular complexity index is 534. The van der Waals surface area contributed by atoms with Gasteiger partial charge in [0.05, 0.1) is 6.10 Å². The number of hydrogen-bond donors (Lipinski definition) is 1. The van der Waals surface area contributed by atoms with Crippen molar-refractivity contribution >= 4 is 11.4 Å². The average molecular weight is 298 g/mol. The topological polar surface area (TPSA) is 26.7 Å². The monoisotopic (exact) mass is 298 g/mol. The number of aliphatic hydroxyl groups excluding tert-OH is 1. The van der Waals surface area contributed by atoms with Crippen molar-refractivity contribution in [1.82, 2.24) is 0 Å². The molecule has 2 aromatic rings. The van der Waals surface area contributed by atoms with E-state index in [4.69, 9.17) is 0 Å². The maximum absolute atomic E-state index is 10.3. The van der Waals surface area contributed by atoms with Crippen molar-refractivity contribution in [3.05, 3.63) is 59.7 Å². The van der Waals surface area contributed by atoms with Gasteiger partial charge in [-0.25, -0.2) is 0 Å². The lowest BCUT2D eigenvalue weighted by molar-refractivity contribution is 0.176. The Kier molecular flexibility index (Phi) is 5.09. The van der Waals surface area contributed by atoms with Gasteiger partial charge in [0.25, 0.3) is 0 Å². The van der Waals surface area contributed by atoms with Crippen LogP contribution in [-0.4, -0.2) is 39.4 Å². The second-order valence-electron chi connectivity index (χ2n) is 6.19. The highest BCUT2D eigenvalue weighted by atomic mass is 16.3. The van der Waals surface area contributed by atoms with Gasteiger partial charge in [0.1, 0.15) is 0 Å². The minimum Gasteiger partial charge on any atom is -0.392 e. The van der Waals surface area contributed by atoms with Crippen LogP contribution in [0.2, 0.25) is 0 Å². The molecule has 3 heteroatoms. The summed E-state index contributed by atoms with van der Waals surface area (Å²) in [5.41, 5.74) is 4.60. The maximum Gasteiger partial charge on any atom is 0.0621 e. The van der Waals surface area contributed by atoms with Crippen molar-refractivity contribution in [2.45, 2.75) is 18.9 Å². The summed E-state index contributed by atoms with van der Waals surface area (Å²) in [6, 6.07) is 16.8. The number of aliphatic hydroxyl groups is 1. The first-order valence-corrected chi connectivity index (χ1v) is 7.63. The van der Waals surface area contributed by atoms with Gasteiger partial charge >= 0.3 is 0 Å². The second-order valence-corrected chi connectivity index (χ2v) is 6.19. The first-order valence-electron chi connectivity index (χ1n) is 7.63. The highest BCUT2D eigenvalue weighted by molar-refractivity contribution is 5.50. The summed E-state index contributed by atoms with van der Waals surface area (Å²) < 4.78 is 0. The molecule has 0 amide bonds. The third kappa shape index (κ3) is 3.60. The molecule has 0 saturated heterocycles. The fraction of sp³-hybridized carbons (Fsp3) is 0.368. The summed E-state index contributed by atoms with van der Waals surface area (Å²) in [4.78, 5) is 4.15. The Hall–Kier alpha value is -2.00. The molecule has 0 aliphatic carbocycles. The van der Waals surface area contributed by atoms with E-state index in [2.05, 4.69) is 58.3 Å². The second kappa shape index (κ2) is 6.84. The van der Waals surface area contributed by atoms with Crippen molar-refractivity contribution in [2.24, 2.45) is 0 Å². The minimum absolute atomic E-state index is 0.00701. The standard InChI is InChI=1S/C19H26N2O/c1-14(22)19(15-6-10-17(11-7-15)20(2)3)16-8-12-18(13-9-16)21(4)5/h6-14,19,22H,1-5H3/t14-/m1/s1. The van der Waals surface area contributed by atoms with Crippen LogP contribution in [0.5, 0.6) is 0 Å². The van der Waals surface area contributed by atoms with Crippen molar-refractivity contribution in [1.29, 1.82) is 0 Å². The quantitative estimate of drug-likeness (QED) is 0.917. The summed E-state index contributed by atoms with van der Waals surface area (Å²) in [7, 11) is 8.12. The number of nitrogens with zero attached hydrogens (tertiary/aromatic N) is 2. The van der Waals surface area contributed by atoms with E-state index in [1.807, 2.05) is 35.1 Å². The van der Waals surface area contributed by atoms with Gasteiger partial charge in [-0.15, -0.1) is 0 Å². The van der Waals surface area contributed by atoms with E-state index in [0.717, 1.165) is 22.5 Å². The molecular weight excluding hydrogens is 272 g/mol. The van der Waals surface area contributed by atoms with Crippen molar-refractivity contribution in [2.75, 3.05) is 38.0 Å². The van der Waals surface area contributed by atoms with Crippen LogP contribution in [-0.2, 0) is 0 Å². The van der Waals surface area contributed by atoms with Gasteiger partial charge in [0.2, 0.25) is 0 Å². The zero-order valence-corrected chi connectivity index (χ0v) is 14.1. The number of rotatable bonds is 5. The molecule has 2 rings (SSSR count). The third-order valence-corrected chi connectivity index (χ3v) is 4.02. The molecule has 118 valence electrons. The molecule has 0 unspecified atom stereocenters. The largest absolute Gasteiger partial charge is 0.392 e. The Labute approximate surface area is 133 Å². The summed E-state index contributed by atoms with van der Waals surface area (Å²) in [5.74, 6) is -0.00701. The Morgan fingerprint density at radius 1 is 0.682 bits per heavy atom. The minimum atomic E-state index is -0.435. The van der Waals surface area contributed by atoms with Crippen LogP contribution in [0.15, 0.2) is 48.5 Å². The highest BCUT2D eigenvalue weighted by Crippen LogP contribution is 2.30. The van der Waals surface area contributed by atoms with Crippen LogP contribution >= 0.6 is 0 Å². The van der Waals surface area contributed by atoms with Crippen molar-refractivity contribution in [3.8, 4) is 0 Å². The summed E-state index contributed by atoms with van der Waals surface area (Å²) in [5, 5.41) is 10.3. The molecule has 0 saturated carbocycles. The molecule has 0 spiro atoms. The van der Waals surface area contributed by atoms with E-state index in [-0.39, 0.29) is 5.92 Å². The molecule has 0 aromatic heterocycles. The first kappa shape index (κ1) is 16.4. The van der Waals surface area contributed by atoms with Crippen LogP contribution in [0.25, 0.3) is 0 Å².